The zero-order valence-electron chi connectivity index (χ0n) is 17.5. The predicted octanol–water partition coefficient (Wildman–Crippen LogP) is 2.98. The van der Waals surface area contributed by atoms with Gasteiger partial charge in [-0.2, -0.15) is 0 Å². The van der Waals surface area contributed by atoms with Crippen molar-refractivity contribution in [2.24, 2.45) is 5.73 Å². The van der Waals surface area contributed by atoms with Crippen molar-refractivity contribution in [1.82, 2.24) is 10.6 Å². The lowest BCUT2D eigenvalue weighted by atomic mass is 10.1. The van der Waals surface area contributed by atoms with Gasteiger partial charge in [0, 0.05) is 17.8 Å². The number of guanidine groups is 1. The van der Waals surface area contributed by atoms with Crippen LogP contribution in [0.5, 0.6) is 0 Å². The Bertz CT molecular complexity index is 1030. The van der Waals surface area contributed by atoms with Crippen LogP contribution in [0, 0.1) is 5.41 Å². The van der Waals surface area contributed by atoms with Gasteiger partial charge in [0.15, 0.2) is 5.96 Å². The van der Waals surface area contributed by atoms with Crippen LogP contribution in [0.4, 0.5) is 5.69 Å². The number of nitrogen functional groups attached to an aromatic ring is 1. The second kappa shape index (κ2) is 13.5. The first-order chi connectivity index (χ1) is 14.9. The molecule has 1 unspecified atom stereocenters. The summed E-state index contributed by atoms with van der Waals surface area (Å²) in [4.78, 5) is 22.9. The van der Waals surface area contributed by atoms with E-state index in [-0.39, 0.29) is 24.8 Å². The van der Waals surface area contributed by atoms with Crippen LogP contribution in [0.1, 0.15) is 23.2 Å². The second-order valence-corrected chi connectivity index (χ2v) is 6.82. The monoisotopic (exact) mass is 457 g/mol. The molecule has 8 nitrogen and oxygen atoms in total. The fourth-order valence-corrected chi connectivity index (χ4v) is 2.83. The second-order valence-electron chi connectivity index (χ2n) is 6.82. The number of anilines is 1. The Kier molecular flexibility index (Phi) is 11.1. The van der Waals surface area contributed by atoms with Gasteiger partial charge in [-0.05, 0) is 47.9 Å². The Labute approximate surface area is 192 Å². The average molecular weight is 458 g/mol. The largest absolute Gasteiger partial charge is 0.480 e. The first-order valence-electron chi connectivity index (χ1n) is 9.77. The van der Waals surface area contributed by atoms with Crippen molar-refractivity contribution >= 4 is 46.7 Å². The van der Waals surface area contributed by atoms with Crippen LogP contribution in [-0.2, 0) is 4.79 Å². The molecule has 0 saturated heterocycles. The highest BCUT2D eigenvalue weighted by atomic mass is 35.5. The number of carboxylic acid groups (broad SMARTS) is 1. The molecule has 9 heteroatoms. The Morgan fingerprint density at radius 2 is 1.59 bits per heavy atom. The minimum Gasteiger partial charge on any atom is -0.480 e. The van der Waals surface area contributed by atoms with Crippen molar-refractivity contribution in [3.05, 3.63) is 78.4 Å². The van der Waals surface area contributed by atoms with Crippen LogP contribution in [0.25, 0.3) is 10.8 Å². The van der Waals surface area contributed by atoms with Gasteiger partial charge in [0.25, 0.3) is 5.91 Å². The molecule has 0 radical (unpaired) electrons. The van der Waals surface area contributed by atoms with E-state index in [2.05, 4.69) is 22.8 Å². The highest BCUT2D eigenvalue weighted by Gasteiger charge is 2.19. The summed E-state index contributed by atoms with van der Waals surface area (Å²) in [6.07, 6.45) is 0.736. The molecular weight excluding hydrogens is 430 g/mol. The zero-order valence-corrected chi connectivity index (χ0v) is 18.3. The maximum atomic E-state index is 11.9. The Morgan fingerprint density at radius 3 is 2.22 bits per heavy atom. The number of aliphatic carboxylic acids is 1. The SMILES string of the molecule is Cl.N=C(N)NCCCC(NC(=O)c1ccccc1)C(=O)O.Nc1ccc2ccccc2c1. The van der Waals surface area contributed by atoms with Gasteiger partial charge in [0.2, 0.25) is 0 Å². The summed E-state index contributed by atoms with van der Waals surface area (Å²) in [5, 5.41) is 23.5. The number of carboxylic acids is 1. The number of halogens is 1. The number of rotatable bonds is 7. The quantitative estimate of drug-likeness (QED) is 0.139. The summed E-state index contributed by atoms with van der Waals surface area (Å²) in [5.41, 5.74) is 12.0. The van der Waals surface area contributed by atoms with Crippen molar-refractivity contribution in [2.45, 2.75) is 18.9 Å². The molecule has 0 bridgehead atoms. The van der Waals surface area contributed by atoms with Gasteiger partial charge in [0.1, 0.15) is 6.04 Å². The van der Waals surface area contributed by atoms with Gasteiger partial charge in [-0.15, -0.1) is 12.4 Å². The lowest BCUT2D eigenvalue weighted by molar-refractivity contribution is -0.139. The highest BCUT2D eigenvalue weighted by molar-refractivity contribution is 5.96. The van der Waals surface area contributed by atoms with E-state index in [0.717, 1.165) is 5.69 Å². The normalized spacial score (nSPS) is 10.6. The van der Waals surface area contributed by atoms with E-state index in [4.69, 9.17) is 22.0 Å². The smallest absolute Gasteiger partial charge is 0.326 e. The van der Waals surface area contributed by atoms with Gasteiger partial charge in [-0.3, -0.25) is 10.2 Å². The summed E-state index contributed by atoms with van der Waals surface area (Å²) in [6, 6.07) is 21.6. The van der Waals surface area contributed by atoms with Crippen LogP contribution in [0.15, 0.2) is 72.8 Å². The third kappa shape index (κ3) is 8.93. The molecule has 1 atom stereocenters. The number of benzene rings is 3. The molecular formula is C23H28ClN5O3. The van der Waals surface area contributed by atoms with Crippen molar-refractivity contribution < 1.29 is 14.7 Å². The molecule has 8 N–H and O–H groups in total. The van der Waals surface area contributed by atoms with Crippen LogP contribution in [0.3, 0.4) is 0 Å². The molecule has 3 aromatic rings. The van der Waals surface area contributed by atoms with Crippen molar-refractivity contribution in [2.75, 3.05) is 12.3 Å². The van der Waals surface area contributed by atoms with E-state index in [1.165, 1.54) is 10.8 Å². The number of nitrogens with two attached hydrogens (primary N) is 2. The van der Waals surface area contributed by atoms with Gasteiger partial charge in [-0.25, -0.2) is 4.79 Å². The summed E-state index contributed by atoms with van der Waals surface area (Å²) in [7, 11) is 0. The Morgan fingerprint density at radius 1 is 0.969 bits per heavy atom. The minimum atomic E-state index is -1.09. The molecule has 170 valence electrons. The van der Waals surface area contributed by atoms with Crippen LogP contribution in [0.2, 0.25) is 0 Å². The van der Waals surface area contributed by atoms with Crippen molar-refractivity contribution in [3.63, 3.8) is 0 Å². The zero-order chi connectivity index (χ0) is 22.6. The summed E-state index contributed by atoms with van der Waals surface area (Å²) in [5.74, 6) is -1.67. The lowest BCUT2D eigenvalue weighted by Crippen LogP contribution is -2.41. The molecule has 0 aliphatic heterocycles. The van der Waals surface area contributed by atoms with E-state index < -0.39 is 17.9 Å². The molecule has 0 aromatic heterocycles. The maximum Gasteiger partial charge on any atom is 0.326 e. The molecule has 0 fully saturated rings. The standard InChI is InChI=1S/C13H18N4O3.C10H9N.ClH/c14-13(15)16-8-4-7-10(12(19)20)17-11(18)9-5-2-1-3-6-9;11-10-6-5-8-3-1-2-4-9(8)7-10;/h1-3,5-6,10H,4,7-8H2,(H,17,18)(H,19,20)(H4,14,15,16);1-7H,11H2;1H. The van der Waals surface area contributed by atoms with Crippen LogP contribution in [-0.4, -0.2) is 35.5 Å². The molecule has 1 amide bonds. The van der Waals surface area contributed by atoms with Crippen molar-refractivity contribution in [3.8, 4) is 0 Å². The van der Waals surface area contributed by atoms with Gasteiger partial charge < -0.3 is 27.2 Å². The fraction of sp³-hybridized carbons (Fsp3) is 0.174. The molecule has 0 saturated carbocycles. The molecule has 32 heavy (non-hydrogen) atoms. The number of fused-ring (bicyclic) bond motifs is 1. The lowest BCUT2D eigenvalue weighted by Gasteiger charge is -2.14. The van der Waals surface area contributed by atoms with Crippen LogP contribution >= 0.6 is 12.4 Å². The summed E-state index contributed by atoms with van der Waals surface area (Å²) >= 11 is 0. The maximum absolute atomic E-state index is 11.9. The van der Waals surface area contributed by atoms with Crippen LogP contribution < -0.4 is 22.1 Å². The number of carbonyl (C=O) groups is 2. The summed E-state index contributed by atoms with van der Waals surface area (Å²) < 4.78 is 0. The number of carbonyl (C=O) groups excluding carboxylic acids is 1. The number of hydrogen-bond acceptors (Lipinski definition) is 4. The molecule has 0 aliphatic carbocycles. The fourth-order valence-electron chi connectivity index (χ4n) is 2.83. The first kappa shape index (κ1) is 26.3. The van der Waals surface area contributed by atoms with Gasteiger partial charge in [0.05, 0.1) is 0 Å². The highest BCUT2D eigenvalue weighted by Crippen LogP contribution is 2.16. The Hall–Kier alpha value is -3.78. The topological polar surface area (TPSA) is 154 Å². The van der Waals surface area contributed by atoms with E-state index in [0.29, 0.717) is 18.5 Å². The Balaban J connectivity index is 0.000000358. The number of amides is 1. The third-order valence-electron chi connectivity index (χ3n) is 4.40. The number of nitrogens with one attached hydrogen (secondary N) is 3. The molecule has 0 aliphatic rings. The molecule has 0 spiro atoms. The third-order valence-corrected chi connectivity index (χ3v) is 4.40. The van der Waals surface area contributed by atoms with Gasteiger partial charge >= 0.3 is 5.97 Å². The molecule has 3 aromatic carbocycles. The van der Waals surface area contributed by atoms with Crippen molar-refractivity contribution in [1.29, 1.82) is 5.41 Å². The van der Waals surface area contributed by atoms with E-state index >= 15 is 0 Å². The minimum absolute atomic E-state index is 0. The van der Waals surface area contributed by atoms with Gasteiger partial charge in [-0.1, -0.05) is 48.5 Å². The molecule has 3 rings (SSSR count). The number of hydrogen-bond donors (Lipinski definition) is 6. The molecule has 0 heterocycles. The van der Waals surface area contributed by atoms with E-state index in [1.807, 2.05) is 30.3 Å². The van der Waals surface area contributed by atoms with E-state index in [9.17, 15) is 9.59 Å². The summed E-state index contributed by atoms with van der Waals surface area (Å²) in [6.45, 7) is 0.389. The average Bonchev–Trinajstić information content (AvgIpc) is 2.76. The van der Waals surface area contributed by atoms with E-state index in [1.54, 1.807) is 30.3 Å². The first-order valence-corrected chi connectivity index (χ1v) is 9.77. The predicted molar refractivity (Wildman–Crippen MR) is 130 cm³/mol.